The average Bonchev–Trinajstić information content (AvgIpc) is 2.35. The maximum Gasteiger partial charge on any atom is 0.274 e. The lowest BCUT2D eigenvalue weighted by molar-refractivity contribution is 0.897. The number of rotatable bonds is 3. The van der Waals surface area contributed by atoms with Crippen LogP contribution in [0.15, 0.2) is 34.4 Å². The number of anilines is 1. The summed E-state index contributed by atoms with van der Waals surface area (Å²) in [6.45, 7) is 1.58. The highest BCUT2D eigenvalue weighted by Crippen LogP contribution is 1.93. The molecule has 2 aromatic heterocycles. The van der Waals surface area contributed by atoms with Crippen LogP contribution >= 0.6 is 0 Å². The fraction of sp³-hybridized carbons (Fsp3) is 0.100. The standard InChI is InChI=1S/C10H10N6O/c1-7-9(17)13-10(16-14-7)15-12-6-8-3-2-4-11-5-8/h2-6H,1H3,(H2,13,15,16,17). The molecule has 17 heavy (non-hydrogen) atoms. The van der Waals surface area contributed by atoms with E-state index >= 15 is 0 Å². The van der Waals surface area contributed by atoms with Crippen LogP contribution in [0.5, 0.6) is 0 Å². The highest BCUT2D eigenvalue weighted by molar-refractivity contribution is 5.79. The summed E-state index contributed by atoms with van der Waals surface area (Å²) >= 11 is 0. The molecular formula is C10H10N6O. The van der Waals surface area contributed by atoms with E-state index in [1.54, 1.807) is 31.6 Å². The van der Waals surface area contributed by atoms with Crippen molar-refractivity contribution in [2.45, 2.75) is 6.92 Å². The molecule has 0 radical (unpaired) electrons. The lowest BCUT2D eigenvalue weighted by atomic mass is 10.3. The van der Waals surface area contributed by atoms with Gasteiger partial charge in [-0.05, 0) is 13.0 Å². The van der Waals surface area contributed by atoms with E-state index in [1.807, 2.05) is 6.07 Å². The van der Waals surface area contributed by atoms with Gasteiger partial charge in [0.05, 0.1) is 6.21 Å². The Morgan fingerprint density at radius 1 is 1.47 bits per heavy atom. The second-order valence-electron chi connectivity index (χ2n) is 3.24. The van der Waals surface area contributed by atoms with E-state index in [1.165, 1.54) is 0 Å². The molecule has 0 bridgehead atoms. The van der Waals surface area contributed by atoms with Crippen molar-refractivity contribution in [1.29, 1.82) is 0 Å². The Morgan fingerprint density at radius 2 is 2.35 bits per heavy atom. The fourth-order valence-electron chi connectivity index (χ4n) is 1.06. The lowest BCUT2D eigenvalue weighted by Gasteiger charge is -1.97. The van der Waals surface area contributed by atoms with Gasteiger partial charge in [-0.1, -0.05) is 6.07 Å². The van der Waals surface area contributed by atoms with Gasteiger partial charge < -0.3 is 0 Å². The molecule has 0 unspecified atom stereocenters. The predicted octanol–water partition coefficient (Wildman–Crippen LogP) is 0.314. The first-order valence-corrected chi connectivity index (χ1v) is 4.88. The zero-order chi connectivity index (χ0) is 12.1. The minimum atomic E-state index is -0.293. The first-order chi connectivity index (χ1) is 8.25. The number of aromatic nitrogens is 4. The summed E-state index contributed by atoms with van der Waals surface area (Å²) in [4.78, 5) is 17.6. The number of hydrazone groups is 1. The Morgan fingerprint density at radius 3 is 3.06 bits per heavy atom. The number of nitrogens with zero attached hydrogens (tertiary/aromatic N) is 4. The molecule has 2 heterocycles. The van der Waals surface area contributed by atoms with Crippen LogP contribution in [0.1, 0.15) is 11.3 Å². The van der Waals surface area contributed by atoms with Crippen LogP contribution in [0.3, 0.4) is 0 Å². The number of aromatic amines is 1. The minimum Gasteiger partial charge on any atom is -0.288 e. The SMILES string of the molecule is Cc1nnc(NN=Cc2cccnc2)[nH]c1=O. The third-order valence-electron chi connectivity index (χ3n) is 1.93. The summed E-state index contributed by atoms with van der Waals surface area (Å²) in [5.41, 5.74) is 3.43. The van der Waals surface area contributed by atoms with Crippen molar-refractivity contribution in [2.24, 2.45) is 5.10 Å². The van der Waals surface area contributed by atoms with Gasteiger partial charge in [-0.15, -0.1) is 10.2 Å². The summed E-state index contributed by atoms with van der Waals surface area (Å²) in [5, 5.41) is 11.3. The van der Waals surface area contributed by atoms with Gasteiger partial charge in [-0.25, -0.2) is 5.43 Å². The van der Waals surface area contributed by atoms with Gasteiger partial charge in [-0.2, -0.15) is 5.10 Å². The molecule has 0 fully saturated rings. The highest BCUT2D eigenvalue weighted by Gasteiger charge is 1.97. The van der Waals surface area contributed by atoms with Crippen molar-refractivity contribution in [3.8, 4) is 0 Å². The van der Waals surface area contributed by atoms with Crippen molar-refractivity contribution < 1.29 is 0 Å². The fourth-order valence-corrected chi connectivity index (χ4v) is 1.06. The molecule has 0 spiro atoms. The van der Waals surface area contributed by atoms with Crippen LogP contribution in [0.2, 0.25) is 0 Å². The van der Waals surface area contributed by atoms with E-state index in [4.69, 9.17) is 0 Å². The van der Waals surface area contributed by atoms with E-state index < -0.39 is 0 Å². The molecule has 2 aromatic rings. The first-order valence-electron chi connectivity index (χ1n) is 4.88. The van der Waals surface area contributed by atoms with Gasteiger partial charge in [0.1, 0.15) is 5.69 Å². The molecule has 2 N–H and O–H groups in total. The third kappa shape index (κ3) is 2.94. The Hall–Kier alpha value is -2.57. The number of hydrogen-bond donors (Lipinski definition) is 2. The second kappa shape index (κ2) is 4.97. The molecule has 7 heteroatoms. The molecule has 0 aliphatic carbocycles. The van der Waals surface area contributed by atoms with E-state index in [-0.39, 0.29) is 11.5 Å². The number of aryl methyl sites for hydroxylation is 1. The number of H-pyrrole nitrogens is 1. The van der Waals surface area contributed by atoms with E-state index in [2.05, 4.69) is 30.7 Å². The molecule has 0 aliphatic heterocycles. The first kappa shape index (κ1) is 10.9. The van der Waals surface area contributed by atoms with Crippen molar-refractivity contribution in [3.05, 3.63) is 46.1 Å². The highest BCUT2D eigenvalue weighted by atomic mass is 16.1. The smallest absolute Gasteiger partial charge is 0.274 e. The van der Waals surface area contributed by atoms with Gasteiger partial charge in [-0.3, -0.25) is 14.8 Å². The van der Waals surface area contributed by atoms with Crippen molar-refractivity contribution in [2.75, 3.05) is 5.43 Å². The van der Waals surface area contributed by atoms with Gasteiger partial charge >= 0.3 is 0 Å². The van der Waals surface area contributed by atoms with E-state index in [0.29, 0.717) is 5.69 Å². The predicted molar refractivity (Wildman–Crippen MR) is 62.8 cm³/mol. The van der Waals surface area contributed by atoms with Gasteiger partial charge in [0.15, 0.2) is 0 Å². The Labute approximate surface area is 96.6 Å². The second-order valence-corrected chi connectivity index (χ2v) is 3.24. The molecule has 0 aromatic carbocycles. The van der Waals surface area contributed by atoms with Gasteiger partial charge in [0.25, 0.3) is 5.56 Å². The summed E-state index contributed by atoms with van der Waals surface area (Å²) in [6.07, 6.45) is 4.90. The third-order valence-corrected chi connectivity index (χ3v) is 1.93. The van der Waals surface area contributed by atoms with Crippen LogP contribution in [0.4, 0.5) is 5.95 Å². The zero-order valence-electron chi connectivity index (χ0n) is 9.08. The quantitative estimate of drug-likeness (QED) is 0.584. The van der Waals surface area contributed by atoms with Gasteiger partial charge in [0, 0.05) is 18.0 Å². The molecule has 0 saturated heterocycles. The summed E-state index contributed by atoms with van der Waals surface area (Å²) in [5.74, 6) is 0.195. The summed E-state index contributed by atoms with van der Waals surface area (Å²) in [7, 11) is 0. The Balaban J connectivity index is 2.05. The zero-order valence-corrected chi connectivity index (χ0v) is 9.08. The molecular weight excluding hydrogens is 220 g/mol. The Bertz CT molecular complexity index is 577. The van der Waals surface area contributed by atoms with E-state index in [9.17, 15) is 4.79 Å². The van der Waals surface area contributed by atoms with Crippen LogP contribution in [-0.2, 0) is 0 Å². The van der Waals surface area contributed by atoms with Crippen LogP contribution in [0, 0.1) is 6.92 Å². The summed E-state index contributed by atoms with van der Waals surface area (Å²) < 4.78 is 0. The maximum atomic E-state index is 11.2. The Kier molecular flexibility index (Phi) is 3.20. The molecule has 0 amide bonds. The van der Waals surface area contributed by atoms with Crippen LogP contribution < -0.4 is 11.0 Å². The van der Waals surface area contributed by atoms with Crippen molar-refractivity contribution >= 4 is 12.2 Å². The van der Waals surface area contributed by atoms with Gasteiger partial charge in [0.2, 0.25) is 5.95 Å². The molecule has 0 saturated carbocycles. The largest absolute Gasteiger partial charge is 0.288 e. The molecule has 7 nitrogen and oxygen atoms in total. The number of pyridine rings is 1. The maximum absolute atomic E-state index is 11.2. The van der Waals surface area contributed by atoms with Crippen molar-refractivity contribution in [3.63, 3.8) is 0 Å². The van der Waals surface area contributed by atoms with E-state index in [0.717, 1.165) is 5.56 Å². The van der Waals surface area contributed by atoms with Crippen molar-refractivity contribution in [1.82, 2.24) is 20.2 Å². The minimum absolute atomic E-state index is 0.195. The number of hydrogen-bond acceptors (Lipinski definition) is 6. The molecule has 2 rings (SSSR count). The summed E-state index contributed by atoms with van der Waals surface area (Å²) in [6, 6.07) is 3.65. The normalized spacial score (nSPS) is 10.6. The molecule has 0 aliphatic rings. The monoisotopic (exact) mass is 230 g/mol. The van der Waals surface area contributed by atoms with Crippen LogP contribution in [-0.4, -0.2) is 26.4 Å². The lowest BCUT2D eigenvalue weighted by Crippen LogP contribution is -2.15. The topological polar surface area (TPSA) is 95.9 Å². The molecule has 86 valence electrons. The number of nitrogens with one attached hydrogen (secondary N) is 2. The average molecular weight is 230 g/mol. The molecule has 0 atom stereocenters. The van der Waals surface area contributed by atoms with Crippen LogP contribution in [0.25, 0.3) is 0 Å².